The van der Waals surface area contributed by atoms with Gasteiger partial charge in [-0.25, -0.2) is 0 Å². The minimum absolute atomic E-state index is 0.0218. The molecule has 26 heavy (non-hydrogen) atoms. The zero-order valence-electron chi connectivity index (χ0n) is 14.1. The number of aryl methyl sites for hydroxylation is 1. The Labute approximate surface area is 160 Å². The summed E-state index contributed by atoms with van der Waals surface area (Å²) < 4.78 is 1.28. The number of carbonyl (C=O) groups excluding carboxylic acids is 2. The molecule has 136 valence electrons. The molecule has 8 heteroatoms. The first-order valence-electron chi connectivity index (χ1n) is 8.13. The molecule has 0 aliphatic carbocycles. The van der Waals surface area contributed by atoms with Gasteiger partial charge in [0.25, 0.3) is 17.4 Å². The number of carbonyl (C=O) groups is 2. The zero-order chi connectivity index (χ0) is 18.8. The Morgan fingerprint density at radius 1 is 1.12 bits per heavy atom. The number of halogens is 2. The highest BCUT2D eigenvalue weighted by Crippen LogP contribution is 2.22. The van der Waals surface area contributed by atoms with E-state index in [0.717, 1.165) is 12.8 Å². The summed E-state index contributed by atoms with van der Waals surface area (Å²) in [6, 6.07) is 5.87. The van der Waals surface area contributed by atoms with Gasteiger partial charge in [0.15, 0.2) is 0 Å². The Morgan fingerprint density at radius 2 is 1.81 bits per heavy atom. The van der Waals surface area contributed by atoms with Gasteiger partial charge in [-0.1, -0.05) is 23.2 Å². The average Bonchev–Trinajstić information content (AvgIpc) is 3.12. The Hall–Kier alpha value is -2.31. The van der Waals surface area contributed by atoms with Gasteiger partial charge in [0.05, 0.1) is 16.1 Å². The van der Waals surface area contributed by atoms with Crippen LogP contribution in [-0.4, -0.2) is 34.4 Å². The van der Waals surface area contributed by atoms with E-state index >= 15 is 0 Å². The van der Waals surface area contributed by atoms with Gasteiger partial charge in [0.1, 0.15) is 5.69 Å². The highest BCUT2D eigenvalue weighted by atomic mass is 35.5. The van der Waals surface area contributed by atoms with Gasteiger partial charge < -0.3 is 14.8 Å². The first kappa shape index (κ1) is 18.5. The second-order valence-electron chi connectivity index (χ2n) is 6.14. The minimum Gasteiger partial charge on any atom is -0.339 e. The molecule has 2 amide bonds. The van der Waals surface area contributed by atoms with Gasteiger partial charge in [0.2, 0.25) is 0 Å². The lowest BCUT2D eigenvalue weighted by Crippen LogP contribution is -2.31. The first-order chi connectivity index (χ1) is 12.4. The van der Waals surface area contributed by atoms with Crippen LogP contribution in [0.2, 0.25) is 10.0 Å². The van der Waals surface area contributed by atoms with Crippen molar-refractivity contribution < 1.29 is 9.59 Å². The van der Waals surface area contributed by atoms with Crippen LogP contribution < -0.4 is 10.9 Å². The summed E-state index contributed by atoms with van der Waals surface area (Å²) >= 11 is 11.9. The molecule has 0 spiro atoms. The highest BCUT2D eigenvalue weighted by Gasteiger charge is 2.22. The summed E-state index contributed by atoms with van der Waals surface area (Å²) in [6.07, 6.45) is 3.42. The molecule has 1 saturated heterocycles. The molecule has 1 aromatic carbocycles. The second kappa shape index (κ2) is 7.51. The van der Waals surface area contributed by atoms with E-state index < -0.39 is 11.5 Å². The molecule has 1 N–H and O–H groups in total. The van der Waals surface area contributed by atoms with E-state index in [9.17, 15) is 14.4 Å². The van der Waals surface area contributed by atoms with Crippen LogP contribution in [0.25, 0.3) is 0 Å². The van der Waals surface area contributed by atoms with E-state index in [-0.39, 0.29) is 22.2 Å². The van der Waals surface area contributed by atoms with Crippen molar-refractivity contribution >= 4 is 40.7 Å². The van der Waals surface area contributed by atoms with Crippen LogP contribution in [0.5, 0.6) is 0 Å². The lowest BCUT2D eigenvalue weighted by Gasteiger charge is -2.16. The average molecular weight is 394 g/mol. The van der Waals surface area contributed by atoms with Crippen LogP contribution >= 0.6 is 23.2 Å². The van der Waals surface area contributed by atoms with Crippen molar-refractivity contribution in [3.63, 3.8) is 0 Å². The summed E-state index contributed by atoms with van der Waals surface area (Å²) in [5.41, 5.74) is 0.149. The molecule has 3 rings (SSSR count). The van der Waals surface area contributed by atoms with Gasteiger partial charge in [-0.05, 0) is 37.1 Å². The standard InChI is InChI=1S/C18H17Cl2N3O3/c1-22-10-11(17(25)23-6-2-3-7-23)8-15(18(22)26)21-16(24)13-5-4-12(19)9-14(13)20/h4-5,8-10H,2-3,6-7H2,1H3,(H,21,24). The topological polar surface area (TPSA) is 71.4 Å². The number of amides is 2. The van der Waals surface area contributed by atoms with E-state index in [4.69, 9.17) is 23.2 Å². The number of benzene rings is 1. The maximum absolute atomic E-state index is 12.6. The van der Waals surface area contributed by atoms with Crippen molar-refractivity contribution in [2.24, 2.45) is 7.05 Å². The normalized spacial score (nSPS) is 13.7. The van der Waals surface area contributed by atoms with Crippen LogP contribution in [-0.2, 0) is 7.05 Å². The van der Waals surface area contributed by atoms with Crippen molar-refractivity contribution in [2.75, 3.05) is 18.4 Å². The van der Waals surface area contributed by atoms with Gasteiger partial charge in [-0.3, -0.25) is 14.4 Å². The number of rotatable bonds is 3. The van der Waals surface area contributed by atoms with Crippen molar-refractivity contribution in [1.29, 1.82) is 0 Å². The maximum Gasteiger partial charge on any atom is 0.274 e. The van der Waals surface area contributed by atoms with E-state index in [1.54, 1.807) is 4.90 Å². The molecule has 0 bridgehead atoms. The zero-order valence-corrected chi connectivity index (χ0v) is 15.6. The molecule has 1 aliphatic heterocycles. The molecule has 0 radical (unpaired) electrons. The van der Waals surface area contributed by atoms with E-state index in [2.05, 4.69) is 5.32 Å². The Balaban J connectivity index is 1.90. The largest absolute Gasteiger partial charge is 0.339 e. The van der Waals surface area contributed by atoms with Crippen LogP contribution in [0.3, 0.4) is 0 Å². The lowest BCUT2D eigenvalue weighted by atomic mass is 10.2. The molecule has 0 atom stereocenters. The van der Waals surface area contributed by atoms with Gasteiger partial charge in [-0.15, -0.1) is 0 Å². The fourth-order valence-corrected chi connectivity index (χ4v) is 3.38. The Bertz CT molecular complexity index is 934. The number of likely N-dealkylation sites (tertiary alicyclic amines) is 1. The van der Waals surface area contributed by atoms with E-state index in [1.165, 1.54) is 42.1 Å². The third-order valence-corrected chi connectivity index (χ3v) is 4.80. The van der Waals surface area contributed by atoms with Gasteiger partial charge in [-0.2, -0.15) is 0 Å². The number of nitrogens with zero attached hydrogens (tertiary/aromatic N) is 2. The van der Waals surface area contributed by atoms with Crippen LogP contribution in [0, 0.1) is 0 Å². The molecule has 6 nitrogen and oxygen atoms in total. The number of aromatic nitrogens is 1. The predicted molar refractivity (Wildman–Crippen MR) is 101 cm³/mol. The first-order valence-corrected chi connectivity index (χ1v) is 8.89. The molecule has 0 unspecified atom stereocenters. The summed E-state index contributed by atoms with van der Waals surface area (Å²) in [5, 5.41) is 3.12. The van der Waals surface area contributed by atoms with Crippen molar-refractivity contribution in [3.05, 3.63) is 62.0 Å². The lowest BCUT2D eigenvalue weighted by molar-refractivity contribution is 0.0791. The number of hydrogen-bond donors (Lipinski definition) is 1. The SMILES string of the molecule is Cn1cc(C(=O)N2CCCC2)cc(NC(=O)c2ccc(Cl)cc2Cl)c1=O. The predicted octanol–water partition coefficient (Wildman–Crippen LogP) is 3.18. The number of pyridine rings is 1. The second-order valence-corrected chi connectivity index (χ2v) is 6.98. The number of hydrogen-bond acceptors (Lipinski definition) is 3. The monoisotopic (exact) mass is 393 g/mol. The summed E-state index contributed by atoms with van der Waals surface area (Å²) in [5.74, 6) is -0.701. The quantitative estimate of drug-likeness (QED) is 0.869. The highest BCUT2D eigenvalue weighted by molar-refractivity contribution is 6.37. The molecule has 2 aromatic rings. The molecule has 1 aliphatic rings. The number of anilines is 1. The summed E-state index contributed by atoms with van der Waals surface area (Å²) in [7, 11) is 1.54. The summed E-state index contributed by atoms with van der Waals surface area (Å²) in [6.45, 7) is 1.40. The minimum atomic E-state index is -0.547. The molecule has 1 aromatic heterocycles. The van der Waals surface area contributed by atoms with Crippen molar-refractivity contribution in [1.82, 2.24) is 9.47 Å². The van der Waals surface area contributed by atoms with E-state index in [1.807, 2.05) is 0 Å². The van der Waals surface area contributed by atoms with E-state index in [0.29, 0.717) is 23.7 Å². The van der Waals surface area contributed by atoms with Crippen molar-refractivity contribution in [3.8, 4) is 0 Å². The van der Waals surface area contributed by atoms with Gasteiger partial charge in [0, 0.05) is 31.4 Å². The van der Waals surface area contributed by atoms with Gasteiger partial charge >= 0.3 is 0 Å². The van der Waals surface area contributed by atoms with Crippen LogP contribution in [0.15, 0.2) is 35.3 Å². The smallest absolute Gasteiger partial charge is 0.274 e. The third kappa shape index (κ3) is 3.76. The third-order valence-electron chi connectivity index (χ3n) is 4.25. The van der Waals surface area contributed by atoms with Crippen LogP contribution in [0.1, 0.15) is 33.6 Å². The fraction of sp³-hybridized carbons (Fsp3) is 0.278. The van der Waals surface area contributed by atoms with Crippen LogP contribution in [0.4, 0.5) is 5.69 Å². The Kier molecular flexibility index (Phi) is 5.34. The fourth-order valence-electron chi connectivity index (χ4n) is 2.88. The molecular weight excluding hydrogens is 377 g/mol. The molecule has 1 fully saturated rings. The maximum atomic E-state index is 12.6. The molecule has 0 saturated carbocycles. The molecular formula is C18H17Cl2N3O3. The van der Waals surface area contributed by atoms with Crippen molar-refractivity contribution in [2.45, 2.75) is 12.8 Å². The number of nitrogens with one attached hydrogen (secondary N) is 1. The molecule has 2 heterocycles. The Morgan fingerprint density at radius 3 is 2.46 bits per heavy atom. The summed E-state index contributed by atoms with van der Waals surface area (Å²) in [4.78, 5) is 39.1.